The molecule has 1 atom stereocenters. The molecule has 1 aliphatic heterocycles. The van der Waals surface area contributed by atoms with Gasteiger partial charge in [-0.15, -0.1) is 11.3 Å². The smallest absolute Gasteiger partial charge is 0.264 e. The second-order valence-electron chi connectivity index (χ2n) is 8.21. The number of aromatic nitrogens is 3. The third-order valence-electron chi connectivity index (χ3n) is 6.11. The van der Waals surface area contributed by atoms with Crippen molar-refractivity contribution in [1.29, 1.82) is 0 Å². The number of aryl methyl sites for hydroxylation is 1. The molecule has 1 unspecified atom stereocenters. The molecular weight excluding hydrogens is 440 g/mol. The third kappa shape index (κ3) is 4.04. The number of para-hydroxylation sites is 1. The van der Waals surface area contributed by atoms with E-state index >= 15 is 0 Å². The second-order valence-corrected chi connectivity index (χ2v) is 9.21. The summed E-state index contributed by atoms with van der Waals surface area (Å²) in [5.41, 5.74) is 1.50. The summed E-state index contributed by atoms with van der Waals surface area (Å²) in [5.74, 6) is 2.20. The molecule has 5 rings (SSSR count). The van der Waals surface area contributed by atoms with Crippen molar-refractivity contribution in [3.05, 3.63) is 74.8 Å². The van der Waals surface area contributed by atoms with Gasteiger partial charge in [0.05, 0.1) is 35.8 Å². The number of thiophene rings is 1. The number of nitrogens with one attached hydrogen (secondary N) is 1. The van der Waals surface area contributed by atoms with Crippen molar-refractivity contribution in [2.45, 2.75) is 32.1 Å². The quantitative estimate of drug-likeness (QED) is 0.481. The standard InChI is InChI=1S/C24H24N4O4S/c1-14-19-21(29)26-13-27-23(19)33-20(14)24(30)28-9-5-7-16(12-28)22-25-11-17(32-22)10-15-6-3-4-8-18(15)31-2/h3-4,6,8,11,13,16H,5,7,9-10,12H2,1-2H3,(H,26,27,29). The lowest BCUT2D eigenvalue weighted by molar-refractivity contribution is 0.0702. The Labute approximate surface area is 194 Å². The van der Waals surface area contributed by atoms with Gasteiger partial charge in [-0.2, -0.15) is 0 Å². The Morgan fingerprint density at radius 1 is 1.33 bits per heavy atom. The molecule has 1 aromatic carbocycles. The van der Waals surface area contributed by atoms with Crippen LogP contribution in [0.5, 0.6) is 5.75 Å². The molecule has 0 aliphatic carbocycles. The number of ether oxygens (including phenoxy) is 1. The van der Waals surface area contributed by atoms with Crippen LogP contribution in [0, 0.1) is 6.92 Å². The number of oxazole rings is 1. The average Bonchev–Trinajstić information content (AvgIpc) is 3.44. The Bertz CT molecular complexity index is 1370. The minimum Gasteiger partial charge on any atom is -0.496 e. The molecule has 4 aromatic rings. The van der Waals surface area contributed by atoms with Gasteiger partial charge in [0.1, 0.15) is 16.3 Å². The number of likely N-dealkylation sites (tertiary alicyclic amines) is 1. The minimum atomic E-state index is -0.216. The molecule has 1 saturated heterocycles. The van der Waals surface area contributed by atoms with Crippen LogP contribution in [0.1, 0.15) is 51.2 Å². The summed E-state index contributed by atoms with van der Waals surface area (Å²) >= 11 is 1.27. The van der Waals surface area contributed by atoms with Crippen LogP contribution >= 0.6 is 11.3 Å². The second kappa shape index (κ2) is 8.82. The summed E-state index contributed by atoms with van der Waals surface area (Å²) in [7, 11) is 1.66. The first kappa shape index (κ1) is 21.4. The maximum Gasteiger partial charge on any atom is 0.264 e. The number of rotatable bonds is 5. The zero-order chi connectivity index (χ0) is 22.9. The predicted octanol–water partition coefficient (Wildman–Crippen LogP) is 3.90. The molecule has 9 heteroatoms. The lowest BCUT2D eigenvalue weighted by atomic mass is 9.97. The Morgan fingerprint density at radius 2 is 2.18 bits per heavy atom. The van der Waals surface area contributed by atoms with Crippen molar-refractivity contribution in [2.75, 3.05) is 20.2 Å². The summed E-state index contributed by atoms with van der Waals surface area (Å²) < 4.78 is 11.5. The maximum atomic E-state index is 13.3. The van der Waals surface area contributed by atoms with Gasteiger partial charge in [0.25, 0.3) is 11.5 Å². The predicted molar refractivity (Wildman–Crippen MR) is 125 cm³/mol. The monoisotopic (exact) mass is 464 g/mol. The molecule has 0 bridgehead atoms. The summed E-state index contributed by atoms with van der Waals surface area (Å²) in [5, 5.41) is 0.494. The Morgan fingerprint density at radius 3 is 3.00 bits per heavy atom. The zero-order valence-electron chi connectivity index (χ0n) is 18.5. The Kier molecular flexibility index (Phi) is 5.72. The maximum absolute atomic E-state index is 13.3. The van der Waals surface area contributed by atoms with E-state index < -0.39 is 0 Å². The number of hydrogen-bond donors (Lipinski definition) is 1. The lowest BCUT2D eigenvalue weighted by Gasteiger charge is -2.31. The van der Waals surface area contributed by atoms with Crippen molar-refractivity contribution in [3.63, 3.8) is 0 Å². The first-order valence-electron chi connectivity index (χ1n) is 10.9. The normalized spacial score (nSPS) is 16.3. The zero-order valence-corrected chi connectivity index (χ0v) is 19.3. The Hall–Kier alpha value is -3.46. The number of hydrogen-bond acceptors (Lipinski definition) is 7. The van der Waals surface area contributed by atoms with Crippen molar-refractivity contribution >= 4 is 27.5 Å². The molecule has 4 heterocycles. The molecule has 170 valence electrons. The molecular formula is C24H24N4O4S. The number of amides is 1. The summed E-state index contributed by atoms with van der Waals surface area (Å²) in [4.78, 5) is 39.8. The molecule has 0 saturated carbocycles. The summed E-state index contributed by atoms with van der Waals surface area (Å²) in [6, 6.07) is 7.84. The fourth-order valence-electron chi connectivity index (χ4n) is 4.42. The fourth-order valence-corrected chi connectivity index (χ4v) is 5.54. The van der Waals surface area contributed by atoms with Crippen LogP contribution in [0.2, 0.25) is 0 Å². The molecule has 3 aromatic heterocycles. The number of benzene rings is 1. The van der Waals surface area contributed by atoms with E-state index in [1.54, 1.807) is 13.3 Å². The molecule has 1 aliphatic rings. The number of nitrogens with zero attached hydrogens (tertiary/aromatic N) is 3. The third-order valence-corrected chi connectivity index (χ3v) is 7.30. The van der Waals surface area contributed by atoms with E-state index in [0.29, 0.717) is 46.1 Å². The van der Waals surface area contributed by atoms with Crippen LogP contribution in [-0.2, 0) is 6.42 Å². The molecule has 0 spiro atoms. The van der Waals surface area contributed by atoms with E-state index in [4.69, 9.17) is 9.15 Å². The van der Waals surface area contributed by atoms with Gasteiger partial charge < -0.3 is 19.0 Å². The van der Waals surface area contributed by atoms with Crippen molar-refractivity contribution in [2.24, 2.45) is 0 Å². The van der Waals surface area contributed by atoms with Crippen LogP contribution in [0.15, 0.2) is 46.0 Å². The average molecular weight is 465 g/mol. The topological polar surface area (TPSA) is 101 Å². The van der Waals surface area contributed by atoms with Crippen molar-refractivity contribution in [1.82, 2.24) is 19.9 Å². The summed E-state index contributed by atoms with van der Waals surface area (Å²) in [6.45, 7) is 3.01. The highest BCUT2D eigenvalue weighted by Crippen LogP contribution is 2.32. The molecule has 8 nitrogen and oxygen atoms in total. The highest BCUT2D eigenvalue weighted by molar-refractivity contribution is 7.20. The highest BCUT2D eigenvalue weighted by Gasteiger charge is 2.30. The first-order chi connectivity index (χ1) is 16.0. The fraction of sp³-hybridized carbons (Fsp3) is 0.333. The number of H-pyrrole nitrogens is 1. The number of aromatic amines is 1. The largest absolute Gasteiger partial charge is 0.496 e. The molecule has 1 N–H and O–H groups in total. The van der Waals surface area contributed by atoms with E-state index in [1.807, 2.05) is 36.1 Å². The number of fused-ring (bicyclic) bond motifs is 1. The number of piperidine rings is 1. The first-order valence-corrected chi connectivity index (χ1v) is 11.7. The van der Waals surface area contributed by atoms with Crippen molar-refractivity contribution < 1.29 is 13.9 Å². The van der Waals surface area contributed by atoms with E-state index in [0.717, 1.165) is 29.9 Å². The Balaban J connectivity index is 1.33. The number of methoxy groups -OCH3 is 1. The molecule has 1 fully saturated rings. The molecule has 1 amide bonds. The van der Waals surface area contributed by atoms with Crippen LogP contribution in [-0.4, -0.2) is 46.0 Å². The van der Waals surface area contributed by atoms with E-state index in [1.165, 1.54) is 17.7 Å². The summed E-state index contributed by atoms with van der Waals surface area (Å²) in [6.07, 6.45) is 5.50. The lowest BCUT2D eigenvalue weighted by Crippen LogP contribution is -2.39. The van der Waals surface area contributed by atoms with Crippen LogP contribution in [0.25, 0.3) is 10.2 Å². The minimum absolute atomic E-state index is 0.0327. The van der Waals surface area contributed by atoms with E-state index in [9.17, 15) is 9.59 Å². The van der Waals surface area contributed by atoms with Crippen LogP contribution < -0.4 is 10.3 Å². The molecule has 33 heavy (non-hydrogen) atoms. The van der Waals surface area contributed by atoms with Gasteiger partial charge in [-0.05, 0) is 31.4 Å². The van der Waals surface area contributed by atoms with Gasteiger partial charge in [-0.1, -0.05) is 18.2 Å². The van der Waals surface area contributed by atoms with Crippen LogP contribution in [0.4, 0.5) is 0 Å². The number of carbonyl (C=O) groups is 1. The van der Waals surface area contributed by atoms with Gasteiger partial charge in [-0.25, -0.2) is 9.97 Å². The highest BCUT2D eigenvalue weighted by atomic mass is 32.1. The van der Waals surface area contributed by atoms with E-state index in [-0.39, 0.29) is 17.4 Å². The number of carbonyl (C=O) groups excluding carboxylic acids is 1. The van der Waals surface area contributed by atoms with Gasteiger partial charge >= 0.3 is 0 Å². The van der Waals surface area contributed by atoms with Crippen molar-refractivity contribution in [3.8, 4) is 5.75 Å². The van der Waals surface area contributed by atoms with Gasteiger partial charge in [0.15, 0.2) is 5.89 Å². The van der Waals surface area contributed by atoms with Gasteiger partial charge in [-0.3, -0.25) is 9.59 Å². The van der Waals surface area contributed by atoms with Gasteiger partial charge in [0, 0.05) is 25.1 Å². The van der Waals surface area contributed by atoms with Crippen LogP contribution in [0.3, 0.4) is 0 Å². The SMILES string of the molecule is COc1ccccc1Cc1cnc(C2CCCN(C(=O)c3sc4nc[nH]c(=O)c4c3C)C2)o1. The van der Waals surface area contributed by atoms with E-state index in [2.05, 4.69) is 15.0 Å². The molecule has 0 radical (unpaired) electrons. The van der Waals surface area contributed by atoms with Gasteiger partial charge in [0.2, 0.25) is 0 Å².